The zero-order valence-corrected chi connectivity index (χ0v) is 12.1. The van der Waals surface area contributed by atoms with Gasteiger partial charge in [0.25, 0.3) is 0 Å². The average molecular weight is 308 g/mol. The molecule has 0 bridgehead atoms. The van der Waals surface area contributed by atoms with Crippen molar-refractivity contribution >= 4 is 27.7 Å². The van der Waals surface area contributed by atoms with Crippen molar-refractivity contribution in [1.29, 1.82) is 0 Å². The minimum atomic E-state index is 0.0289. The number of hydrogen-bond acceptors (Lipinski definition) is 4. The summed E-state index contributed by atoms with van der Waals surface area (Å²) < 4.78 is 7.95. The van der Waals surface area contributed by atoms with Gasteiger partial charge in [-0.15, -0.1) is 0 Å². The number of hydrogen-bond donors (Lipinski definition) is 1. The van der Waals surface area contributed by atoms with Crippen LogP contribution in [0.15, 0.2) is 10.7 Å². The molecule has 0 saturated carbocycles. The molecule has 2 N–H and O–H groups in total. The molecule has 0 fully saturated rings. The van der Waals surface area contributed by atoms with Crippen molar-refractivity contribution in [2.75, 3.05) is 25.7 Å². The molecule has 92 valence electrons. The second kappa shape index (κ2) is 7.32. The fraction of sp³-hybridized carbons (Fsp3) is 0.700. The molecule has 4 nitrogen and oxygen atoms in total. The lowest BCUT2D eigenvalue weighted by Gasteiger charge is -2.14. The molecule has 1 unspecified atom stereocenters. The molecule has 1 aromatic heterocycles. The van der Waals surface area contributed by atoms with Gasteiger partial charge in [-0.1, -0.05) is 0 Å². The van der Waals surface area contributed by atoms with E-state index in [0.29, 0.717) is 6.61 Å². The Morgan fingerprint density at radius 3 is 3.06 bits per heavy atom. The molecule has 0 aliphatic rings. The highest BCUT2D eigenvalue weighted by molar-refractivity contribution is 9.10. The molecule has 1 rings (SSSR count). The average Bonchev–Trinajstić information content (AvgIpc) is 2.64. The van der Waals surface area contributed by atoms with Crippen LogP contribution in [0, 0.1) is 0 Å². The van der Waals surface area contributed by atoms with Crippen LogP contribution in [0.5, 0.6) is 0 Å². The van der Waals surface area contributed by atoms with Crippen LogP contribution >= 0.6 is 27.7 Å². The predicted octanol–water partition coefficient (Wildman–Crippen LogP) is 2.04. The summed E-state index contributed by atoms with van der Waals surface area (Å²) in [6.45, 7) is 1.39. The van der Waals surface area contributed by atoms with Crippen LogP contribution in [0.4, 0.5) is 0 Å². The van der Waals surface area contributed by atoms with Gasteiger partial charge in [0.1, 0.15) is 0 Å². The van der Waals surface area contributed by atoms with E-state index in [1.165, 1.54) is 0 Å². The lowest BCUT2D eigenvalue weighted by molar-refractivity contribution is 0.182. The Labute approximate surface area is 109 Å². The first kappa shape index (κ1) is 14.0. The maximum atomic E-state index is 6.15. The first-order valence-electron chi connectivity index (χ1n) is 5.15. The standard InChI is InChI=1S/C10H18BrN3OS/c1-15-5-4-14-10(8(11)7-13-14)9(12)3-6-16-2/h7,9H,3-6,12H2,1-2H3. The molecule has 0 aromatic carbocycles. The highest BCUT2D eigenvalue weighted by atomic mass is 79.9. The number of nitrogens with zero attached hydrogens (tertiary/aromatic N) is 2. The molecule has 0 aliphatic carbocycles. The Morgan fingerprint density at radius 2 is 2.44 bits per heavy atom. The molecule has 6 heteroatoms. The summed E-state index contributed by atoms with van der Waals surface area (Å²) in [4.78, 5) is 0. The summed E-state index contributed by atoms with van der Waals surface area (Å²) in [5, 5.41) is 4.29. The summed E-state index contributed by atoms with van der Waals surface area (Å²) in [5.41, 5.74) is 7.22. The number of ether oxygens (including phenoxy) is 1. The minimum Gasteiger partial charge on any atom is -0.383 e. The van der Waals surface area contributed by atoms with Crippen LogP contribution in [0.1, 0.15) is 18.2 Å². The van der Waals surface area contributed by atoms with Gasteiger partial charge in [-0.2, -0.15) is 16.9 Å². The highest BCUT2D eigenvalue weighted by Crippen LogP contribution is 2.24. The number of methoxy groups -OCH3 is 1. The lowest BCUT2D eigenvalue weighted by Crippen LogP contribution is -2.19. The van der Waals surface area contributed by atoms with Gasteiger partial charge in [0.15, 0.2) is 0 Å². The van der Waals surface area contributed by atoms with Crippen molar-refractivity contribution < 1.29 is 4.74 Å². The molecule has 0 saturated heterocycles. The van der Waals surface area contributed by atoms with Gasteiger partial charge in [-0.3, -0.25) is 4.68 Å². The summed E-state index contributed by atoms with van der Waals surface area (Å²) in [7, 11) is 1.69. The van der Waals surface area contributed by atoms with Crippen molar-refractivity contribution in [3.63, 3.8) is 0 Å². The largest absolute Gasteiger partial charge is 0.383 e. The predicted molar refractivity (Wildman–Crippen MR) is 71.7 cm³/mol. The molecule has 1 aromatic rings. The van der Waals surface area contributed by atoms with Gasteiger partial charge in [-0.05, 0) is 34.4 Å². The smallest absolute Gasteiger partial charge is 0.0694 e. The lowest BCUT2D eigenvalue weighted by atomic mass is 10.2. The van der Waals surface area contributed by atoms with Gasteiger partial charge in [0.2, 0.25) is 0 Å². The topological polar surface area (TPSA) is 53.1 Å². The second-order valence-corrected chi connectivity index (χ2v) is 5.32. The number of aromatic nitrogens is 2. The van der Waals surface area contributed by atoms with Crippen molar-refractivity contribution in [2.24, 2.45) is 5.73 Å². The Kier molecular flexibility index (Phi) is 6.41. The van der Waals surface area contributed by atoms with E-state index in [-0.39, 0.29) is 6.04 Å². The molecule has 0 aliphatic heterocycles. The van der Waals surface area contributed by atoms with Crippen LogP contribution in [0.2, 0.25) is 0 Å². The van der Waals surface area contributed by atoms with Gasteiger partial charge < -0.3 is 10.5 Å². The summed E-state index contributed by atoms with van der Waals surface area (Å²) in [6.07, 6.45) is 4.84. The number of nitrogens with two attached hydrogens (primary N) is 1. The van der Waals surface area contributed by atoms with Crippen molar-refractivity contribution in [3.05, 3.63) is 16.4 Å². The summed E-state index contributed by atoms with van der Waals surface area (Å²) in [5.74, 6) is 1.06. The van der Waals surface area contributed by atoms with E-state index >= 15 is 0 Å². The van der Waals surface area contributed by atoms with Crippen LogP contribution in [-0.2, 0) is 11.3 Å². The number of thioether (sulfide) groups is 1. The van der Waals surface area contributed by atoms with Crippen LogP contribution < -0.4 is 5.73 Å². The third-order valence-electron chi connectivity index (χ3n) is 2.32. The van der Waals surface area contributed by atoms with Crippen molar-refractivity contribution in [1.82, 2.24) is 9.78 Å². The third kappa shape index (κ3) is 3.76. The van der Waals surface area contributed by atoms with E-state index in [2.05, 4.69) is 27.3 Å². The fourth-order valence-electron chi connectivity index (χ4n) is 1.48. The van der Waals surface area contributed by atoms with Crippen LogP contribution in [0.3, 0.4) is 0 Å². The van der Waals surface area contributed by atoms with Gasteiger partial charge in [-0.25, -0.2) is 0 Å². The fourth-order valence-corrected chi connectivity index (χ4v) is 2.56. The van der Waals surface area contributed by atoms with E-state index in [1.807, 2.05) is 16.4 Å². The Bertz CT molecular complexity index is 319. The normalized spacial score (nSPS) is 13.0. The summed E-state index contributed by atoms with van der Waals surface area (Å²) in [6, 6.07) is 0.0289. The molecule has 0 amide bonds. The third-order valence-corrected chi connectivity index (χ3v) is 3.58. The number of halogens is 1. The summed E-state index contributed by atoms with van der Waals surface area (Å²) >= 11 is 5.30. The zero-order chi connectivity index (χ0) is 12.0. The van der Waals surface area contributed by atoms with E-state index in [0.717, 1.165) is 28.9 Å². The maximum absolute atomic E-state index is 6.15. The molecule has 16 heavy (non-hydrogen) atoms. The molecule has 0 radical (unpaired) electrons. The first-order chi connectivity index (χ1) is 7.70. The van der Waals surface area contributed by atoms with E-state index in [1.54, 1.807) is 13.3 Å². The van der Waals surface area contributed by atoms with Gasteiger partial charge >= 0.3 is 0 Å². The molecule has 1 atom stereocenters. The Hall–Kier alpha value is -0.0400. The van der Waals surface area contributed by atoms with E-state index < -0.39 is 0 Å². The Morgan fingerprint density at radius 1 is 1.69 bits per heavy atom. The van der Waals surface area contributed by atoms with Crippen LogP contribution in [-0.4, -0.2) is 35.5 Å². The monoisotopic (exact) mass is 307 g/mol. The minimum absolute atomic E-state index is 0.0289. The van der Waals surface area contributed by atoms with Gasteiger partial charge in [0.05, 0.1) is 29.5 Å². The SMILES string of the molecule is COCCn1ncc(Br)c1C(N)CCSC. The Balaban J connectivity index is 2.71. The zero-order valence-electron chi connectivity index (χ0n) is 9.65. The van der Waals surface area contributed by atoms with Crippen molar-refractivity contribution in [2.45, 2.75) is 19.0 Å². The first-order valence-corrected chi connectivity index (χ1v) is 7.34. The van der Waals surface area contributed by atoms with Crippen LogP contribution in [0.25, 0.3) is 0 Å². The van der Waals surface area contributed by atoms with E-state index in [4.69, 9.17) is 10.5 Å². The highest BCUT2D eigenvalue weighted by Gasteiger charge is 2.15. The second-order valence-electron chi connectivity index (χ2n) is 3.48. The molecule has 0 spiro atoms. The molecular formula is C10H18BrN3OS. The van der Waals surface area contributed by atoms with Gasteiger partial charge in [0, 0.05) is 13.2 Å². The quantitative estimate of drug-likeness (QED) is 0.837. The van der Waals surface area contributed by atoms with E-state index in [9.17, 15) is 0 Å². The molecule has 1 heterocycles. The maximum Gasteiger partial charge on any atom is 0.0694 e. The number of rotatable bonds is 7. The molecular weight excluding hydrogens is 290 g/mol. The van der Waals surface area contributed by atoms with Crippen molar-refractivity contribution in [3.8, 4) is 0 Å².